The smallest absolute Gasteiger partial charge is 0.258 e. The van der Waals surface area contributed by atoms with Gasteiger partial charge >= 0.3 is 0 Å². The van der Waals surface area contributed by atoms with E-state index in [1.54, 1.807) is 36.4 Å². The minimum absolute atomic E-state index is 0.140. The molecule has 11 heteroatoms. The second-order valence-electron chi connectivity index (χ2n) is 9.19. The molecule has 0 aromatic heterocycles. The van der Waals surface area contributed by atoms with Gasteiger partial charge in [-0.1, -0.05) is 54.1 Å². The lowest BCUT2D eigenvalue weighted by atomic mass is 9.86. The first-order chi connectivity index (χ1) is 18.6. The van der Waals surface area contributed by atoms with Crippen molar-refractivity contribution in [2.45, 2.75) is 11.6 Å². The number of hydrogen-bond acceptors (Lipinski definition) is 7. The first-order valence-electron chi connectivity index (χ1n) is 12.1. The van der Waals surface area contributed by atoms with Crippen molar-refractivity contribution < 1.29 is 19.8 Å². The molecule has 0 saturated heterocycles. The maximum atomic E-state index is 13.1. The number of aliphatic hydroxyl groups excluding tert-OH is 1. The van der Waals surface area contributed by atoms with Crippen LogP contribution in [0.15, 0.2) is 89.0 Å². The van der Waals surface area contributed by atoms with Crippen LogP contribution in [0.25, 0.3) is 0 Å². The number of hydrazone groups is 1. The van der Waals surface area contributed by atoms with E-state index < -0.39 is 30.1 Å². The van der Waals surface area contributed by atoms with Crippen LogP contribution in [0.1, 0.15) is 21.5 Å². The van der Waals surface area contributed by atoms with Gasteiger partial charge < -0.3 is 20.8 Å². The Morgan fingerprint density at radius 2 is 1.74 bits per heavy atom. The molecule has 0 radical (unpaired) electrons. The van der Waals surface area contributed by atoms with Crippen LogP contribution in [0.4, 0.5) is 5.69 Å². The van der Waals surface area contributed by atoms with Crippen LogP contribution in [0.3, 0.4) is 0 Å². The van der Waals surface area contributed by atoms with E-state index in [2.05, 4.69) is 15.4 Å². The maximum Gasteiger partial charge on any atom is 0.258 e. The fourth-order valence-electron chi connectivity index (χ4n) is 4.09. The highest BCUT2D eigenvalue weighted by atomic mass is 35.5. The molecule has 202 valence electrons. The van der Waals surface area contributed by atoms with Crippen molar-refractivity contribution in [3.05, 3.63) is 101 Å². The summed E-state index contributed by atoms with van der Waals surface area (Å²) >= 11 is 5.95. The van der Waals surface area contributed by atoms with Gasteiger partial charge in [0.2, 0.25) is 11.9 Å². The number of aliphatic hydroxyl groups is 2. The van der Waals surface area contributed by atoms with Crippen LogP contribution in [0.2, 0.25) is 5.02 Å². The van der Waals surface area contributed by atoms with Crippen molar-refractivity contribution in [1.82, 2.24) is 10.3 Å². The van der Waals surface area contributed by atoms with Crippen LogP contribution in [0.5, 0.6) is 0 Å². The molecule has 5 N–H and O–H groups in total. The number of β-amino-alcohol motifs (C(OH)–C–C–N with tert-alkyl or cyclic N) is 1. The van der Waals surface area contributed by atoms with Crippen LogP contribution >= 0.6 is 11.6 Å². The Morgan fingerprint density at radius 1 is 1.10 bits per heavy atom. The molecule has 3 aromatic carbocycles. The topological polar surface area (TPSA) is 144 Å². The van der Waals surface area contributed by atoms with Crippen molar-refractivity contribution in [1.29, 1.82) is 0 Å². The lowest BCUT2D eigenvalue weighted by molar-refractivity contribution is -0.119. The van der Waals surface area contributed by atoms with Gasteiger partial charge in [-0.2, -0.15) is 5.10 Å². The summed E-state index contributed by atoms with van der Waals surface area (Å²) in [4.78, 5) is 31.2. The molecule has 3 aromatic rings. The molecule has 0 saturated carbocycles. The standard InChI is InChI=1S/C28H29ClN6O4/c1-34(2)22-14-10-18(11-15-22)24-28(39,20-6-4-3-5-7-20)17-35(33-24)27(31-23(16-36)25(30)37)32-26(38)19-8-12-21(29)13-9-19/h3-15,23,36,39H,16-17H2,1-2H3,(H2,30,37)(H,31,32,38). The van der Waals surface area contributed by atoms with Crippen molar-refractivity contribution in [3.8, 4) is 0 Å². The average Bonchev–Trinajstić information content (AvgIpc) is 3.30. The number of nitrogens with one attached hydrogen (secondary N) is 1. The number of nitrogens with zero attached hydrogens (tertiary/aromatic N) is 4. The van der Waals surface area contributed by atoms with Crippen molar-refractivity contribution in [2.75, 3.05) is 32.1 Å². The highest BCUT2D eigenvalue weighted by Gasteiger charge is 2.45. The highest BCUT2D eigenvalue weighted by molar-refractivity contribution is 6.30. The summed E-state index contributed by atoms with van der Waals surface area (Å²) < 4.78 is 0. The number of carbonyl (C=O) groups excluding carboxylic acids is 2. The largest absolute Gasteiger partial charge is 0.394 e. The summed E-state index contributed by atoms with van der Waals surface area (Å²) in [7, 11) is 3.85. The summed E-state index contributed by atoms with van der Waals surface area (Å²) in [6.07, 6.45) is 0. The number of benzene rings is 3. The van der Waals surface area contributed by atoms with E-state index in [1.807, 2.05) is 49.3 Å². The number of hydrogen-bond donors (Lipinski definition) is 4. The molecule has 0 aliphatic carbocycles. The Balaban J connectivity index is 1.79. The second-order valence-corrected chi connectivity index (χ2v) is 9.62. The number of amides is 2. The number of guanidine groups is 1. The number of nitrogens with two attached hydrogens (primary N) is 1. The Labute approximate surface area is 231 Å². The third-order valence-electron chi connectivity index (χ3n) is 6.26. The predicted molar refractivity (Wildman–Crippen MR) is 151 cm³/mol. The number of aliphatic imine (C=N–C) groups is 1. The number of halogens is 1. The Morgan fingerprint density at radius 3 is 2.31 bits per heavy atom. The normalized spacial score (nSPS) is 17.9. The van der Waals surface area contributed by atoms with Gasteiger partial charge in [-0.05, 0) is 42.0 Å². The Hall–Kier alpha value is -4.25. The van der Waals surface area contributed by atoms with E-state index in [-0.39, 0.29) is 18.1 Å². The van der Waals surface area contributed by atoms with Crippen LogP contribution in [0, 0.1) is 0 Å². The number of carbonyl (C=O) groups is 2. The van der Waals surface area contributed by atoms with Gasteiger partial charge in [0, 0.05) is 35.9 Å². The molecule has 4 rings (SSSR count). The van der Waals surface area contributed by atoms with Crippen molar-refractivity contribution in [2.24, 2.45) is 15.8 Å². The molecule has 10 nitrogen and oxygen atoms in total. The quantitative estimate of drug-likeness (QED) is 0.262. The summed E-state index contributed by atoms with van der Waals surface area (Å²) in [5.41, 5.74) is 6.57. The first kappa shape index (κ1) is 27.8. The molecular formula is C28H29ClN6O4. The lowest BCUT2D eigenvalue weighted by Gasteiger charge is -2.27. The van der Waals surface area contributed by atoms with Gasteiger partial charge in [-0.25, -0.2) is 10.0 Å². The van der Waals surface area contributed by atoms with E-state index in [0.717, 1.165) is 5.69 Å². The summed E-state index contributed by atoms with van der Waals surface area (Å²) in [6, 6.07) is 21.3. The molecule has 1 aliphatic rings. The zero-order valence-electron chi connectivity index (χ0n) is 21.5. The van der Waals surface area contributed by atoms with Gasteiger partial charge in [0.1, 0.15) is 5.71 Å². The minimum atomic E-state index is -1.60. The van der Waals surface area contributed by atoms with Crippen molar-refractivity contribution in [3.63, 3.8) is 0 Å². The molecule has 0 bridgehead atoms. The molecule has 2 unspecified atom stereocenters. The van der Waals surface area contributed by atoms with Gasteiger partial charge in [0.05, 0.1) is 13.2 Å². The van der Waals surface area contributed by atoms with Crippen LogP contribution in [-0.2, 0) is 10.4 Å². The highest BCUT2D eigenvalue weighted by Crippen LogP contribution is 2.33. The second kappa shape index (κ2) is 11.6. The summed E-state index contributed by atoms with van der Waals surface area (Å²) in [5.74, 6) is -1.62. The number of rotatable bonds is 7. The zero-order valence-corrected chi connectivity index (χ0v) is 22.2. The van der Waals surface area contributed by atoms with Gasteiger partial charge in [0.25, 0.3) is 5.91 Å². The van der Waals surface area contributed by atoms with Gasteiger partial charge in [-0.15, -0.1) is 0 Å². The molecule has 1 aliphatic heterocycles. The third-order valence-corrected chi connectivity index (χ3v) is 6.51. The minimum Gasteiger partial charge on any atom is -0.394 e. The van der Waals surface area contributed by atoms with E-state index in [1.165, 1.54) is 17.1 Å². The molecule has 0 fully saturated rings. The average molecular weight is 549 g/mol. The Kier molecular flexibility index (Phi) is 8.29. The summed E-state index contributed by atoms with van der Waals surface area (Å²) in [6.45, 7) is -0.826. The van der Waals surface area contributed by atoms with Gasteiger partial charge in [0.15, 0.2) is 11.6 Å². The Bertz CT molecular complexity index is 1390. The van der Waals surface area contributed by atoms with Crippen LogP contribution in [-0.4, -0.2) is 72.0 Å². The monoisotopic (exact) mass is 548 g/mol. The van der Waals surface area contributed by atoms with Crippen LogP contribution < -0.4 is 16.0 Å². The number of primary amides is 1. The molecular weight excluding hydrogens is 520 g/mol. The lowest BCUT2D eigenvalue weighted by Crippen LogP contribution is -2.46. The third kappa shape index (κ3) is 6.09. The zero-order chi connectivity index (χ0) is 28.2. The van der Waals surface area contributed by atoms with Gasteiger partial charge in [-0.3, -0.25) is 14.9 Å². The van der Waals surface area contributed by atoms with Crippen molar-refractivity contribution >= 4 is 40.8 Å². The molecule has 0 spiro atoms. The molecule has 2 atom stereocenters. The van der Waals surface area contributed by atoms with E-state index in [4.69, 9.17) is 17.3 Å². The molecule has 2 amide bonds. The molecule has 39 heavy (non-hydrogen) atoms. The fourth-order valence-corrected chi connectivity index (χ4v) is 4.21. The number of anilines is 1. The molecule has 1 heterocycles. The predicted octanol–water partition coefficient (Wildman–Crippen LogP) is 1.95. The SMILES string of the molecule is CN(C)c1ccc(C2=NN(C(=NC(CO)C(N)=O)NC(=O)c3ccc(Cl)cc3)CC2(O)c2ccccc2)cc1. The fraction of sp³-hybridized carbons (Fsp3) is 0.214. The van der Waals surface area contributed by atoms with E-state index in [9.17, 15) is 19.8 Å². The maximum absolute atomic E-state index is 13.1. The van der Waals surface area contributed by atoms with E-state index >= 15 is 0 Å². The summed E-state index contributed by atoms with van der Waals surface area (Å²) in [5, 5.41) is 30.8. The first-order valence-corrected chi connectivity index (χ1v) is 12.5. The van der Waals surface area contributed by atoms with E-state index in [0.29, 0.717) is 21.9 Å².